The third kappa shape index (κ3) is 4.03. The van der Waals surface area contributed by atoms with Crippen molar-refractivity contribution in [3.8, 4) is 0 Å². The number of nitrogens with one attached hydrogen (secondary N) is 2. The molecule has 23 heavy (non-hydrogen) atoms. The molecule has 1 aliphatic heterocycles. The molecular formula is C18H27N3O2. The number of unbranched alkanes of at least 4 members (excludes halogenated alkanes) is 1. The van der Waals surface area contributed by atoms with Gasteiger partial charge < -0.3 is 15.5 Å². The molecule has 1 atom stereocenters. The summed E-state index contributed by atoms with van der Waals surface area (Å²) in [4.78, 5) is 26.4. The van der Waals surface area contributed by atoms with Crippen LogP contribution in [-0.4, -0.2) is 38.0 Å². The van der Waals surface area contributed by atoms with Gasteiger partial charge in [0.15, 0.2) is 0 Å². The zero-order valence-corrected chi connectivity index (χ0v) is 14.5. The molecular weight excluding hydrogens is 290 g/mol. The molecule has 0 spiro atoms. The van der Waals surface area contributed by atoms with Crippen LogP contribution in [0.15, 0.2) is 24.3 Å². The van der Waals surface area contributed by atoms with Gasteiger partial charge >= 0.3 is 0 Å². The molecule has 5 heteroatoms. The number of benzene rings is 1. The van der Waals surface area contributed by atoms with E-state index in [1.807, 2.05) is 38.1 Å². The SMILES string of the molecule is CCCCN(C)c1ccc(C(=O)NC2C(=O)NCC2(C)C)cc1. The second kappa shape index (κ2) is 7.02. The predicted octanol–water partition coefficient (Wildman–Crippen LogP) is 2.18. The Balaban J connectivity index is 2.02. The van der Waals surface area contributed by atoms with Crippen LogP contribution in [0.25, 0.3) is 0 Å². The molecule has 1 fully saturated rings. The lowest BCUT2D eigenvalue weighted by Gasteiger charge is -2.24. The fraction of sp³-hybridized carbons (Fsp3) is 0.556. The summed E-state index contributed by atoms with van der Waals surface area (Å²) >= 11 is 0. The van der Waals surface area contributed by atoms with Crippen molar-refractivity contribution in [1.82, 2.24) is 10.6 Å². The van der Waals surface area contributed by atoms with E-state index >= 15 is 0 Å². The molecule has 1 heterocycles. The maximum Gasteiger partial charge on any atom is 0.251 e. The molecule has 5 nitrogen and oxygen atoms in total. The van der Waals surface area contributed by atoms with Crippen LogP contribution in [0.2, 0.25) is 0 Å². The molecule has 126 valence electrons. The average Bonchev–Trinajstić information content (AvgIpc) is 2.79. The first kappa shape index (κ1) is 17.3. The summed E-state index contributed by atoms with van der Waals surface area (Å²) < 4.78 is 0. The molecule has 0 radical (unpaired) electrons. The largest absolute Gasteiger partial charge is 0.375 e. The maximum atomic E-state index is 12.4. The molecule has 2 N–H and O–H groups in total. The molecule has 1 unspecified atom stereocenters. The molecule has 0 saturated carbocycles. The highest BCUT2D eigenvalue weighted by Crippen LogP contribution is 2.25. The summed E-state index contributed by atoms with van der Waals surface area (Å²) in [5.74, 6) is -0.317. The van der Waals surface area contributed by atoms with Gasteiger partial charge in [0, 0.05) is 36.8 Å². The lowest BCUT2D eigenvalue weighted by molar-refractivity contribution is -0.121. The summed E-state index contributed by atoms with van der Waals surface area (Å²) in [7, 11) is 2.05. The van der Waals surface area contributed by atoms with Crippen molar-refractivity contribution >= 4 is 17.5 Å². The minimum absolute atomic E-state index is 0.112. The summed E-state index contributed by atoms with van der Waals surface area (Å²) in [5.41, 5.74) is 1.40. The van der Waals surface area contributed by atoms with Gasteiger partial charge in [-0.2, -0.15) is 0 Å². The second-order valence-corrected chi connectivity index (χ2v) is 6.93. The van der Waals surface area contributed by atoms with Crippen molar-refractivity contribution < 1.29 is 9.59 Å². The van der Waals surface area contributed by atoms with Gasteiger partial charge in [-0.1, -0.05) is 27.2 Å². The number of anilines is 1. The van der Waals surface area contributed by atoms with E-state index in [4.69, 9.17) is 0 Å². The molecule has 1 aromatic carbocycles. The fourth-order valence-electron chi connectivity index (χ4n) is 2.74. The molecule has 1 aromatic rings. The van der Waals surface area contributed by atoms with Gasteiger partial charge in [0.05, 0.1) is 0 Å². The minimum Gasteiger partial charge on any atom is -0.375 e. The van der Waals surface area contributed by atoms with Gasteiger partial charge in [-0.15, -0.1) is 0 Å². The topological polar surface area (TPSA) is 61.4 Å². The normalized spacial score (nSPS) is 19.3. The summed E-state index contributed by atoms with van der Waals surface area (Å²) in [6, 6.07) is 7.04. The molecule has 2 rings (SSSR count). The second-order valence-electron chi connectivity index (χ2n) is 6.93. The fourth-order valence-corrected chi connectivity index (χ4v) is 2.74. The first-order valence-corrected chi connectivity index (χ1v) is 8.25. The van der Waals surface area contributed by atoms with E-state index in [9.17, 15) is 9.59 Å². The van der Waals surface area contributed by atoms with E-state index in [0.717, 1.165) is 25.1 Å². The zero-order chi connectivity index (χ0) is 17.0. The van der Waals surface area contributed by atoms with Crippen LogP contribution in [0.4, 0.5) is 5.69 Å². The summed E-state index contributed by atoms with van der Waals surface area (Å²) in [5, 5.41) is 5.65. The Labute approximate surface area is 138 Å². The zero-order valence-electron chi connectivity index (χ0n) is 14.5. The Morgan fingerprint density at radius 3 is 2.52 bits per heavy atom. The van der Waals surface area contributed by atoms with Crippen LogP contribution >= 0.6 is 0 Å². The third-order valence-electron chi connectivity index (χ3n) is 4.45. The van der Waals surface area contributed by atoms with Gasteiger partial charge in [-0.25, -0.2) is 0 Å². The molecule has 2 amide bonds. The van der Waals surface area contributed by atoms with Crippen molar-refractivity contribution in [2.45, 2.75) is 39.7 Å². The van der Waals surface area contributed by atoms with Crippen LogP contribution in [0.3, 0.4) is 0 Å². The highest BCUT2D eigenvalue weighted by atomic mass is 16.2. The summed E-state index contributed by atoms with van der Waals surface area (Å²) in [6.45, 7) is 7.70. The molecule has 0 bridgehead atoms. The number of rotatable bonds is 6. The van der Waals surface area contributed by atoms with E-state index in [-0.39, 0.29) is 17.2 Å². The highest BCUT2D eigenvalue weighted by Gasteiger charge is 2.42. The van der Waals surface area contributed by atoms with Gasteiger partial charge in [0.1, 0.15) is 6.04 Å². The van der Waals surface area contributed by atoms with Crippen molar-refractivity contribution in [3.05, 3.63) is 29.8 Å². The van der Waals surface area contributed by atoms with Gasteiger partial charge in [-0.3, -0.25) is 9.59 Å². The third-order valence-corrected chi connectivity index (χ3v) is 4.45. The van der Waals surface area contributed by atoms with Gasteiger partial charge in [-0.05, 0) is 30.7 Å². The molecule has 0 aliphatic carbocycles. The quantitative estimate of drug-likeness (QED) is 0.845. The van der Waals surface area contributed by atoms with Crippen LogP contribution in [0.5, 0.6) is 0 Å². The number of carbonyl (C=O) groups excluding carboxylic acids is 2. The average molecular weight is 317 g/mol. The predicted molar refractivity (Wildman–Crippen MR) is 92.7 cm³/mol. The van der Waals surface area contributed by atoms with Crippen molar-refractivity contribution in [2.24, 2.45) is 5.41 Å². The summed E-state index contributed by atoms with van der Waals surface area (Å²) in [6.07, 6.45) is 2.30. The van der Waals surface area contributed by atoms with E-state index in [1.165, 1.54) is 0 Å². The Morgan fingerprint density at radius 1 is 1.35 bits per heavy atom. The maximum absolute atomic E-state index is 12.4. The molecule has 1 saturated heterocycles. The van der Waals surface area contributed by atoms with Crippen LogP contribution in [-0.2, 0) is 4.79 Å². The Morgan fingerprint density at radius 2 is 2.00 bits per heavy atom. The number of hydrogen-bond acceptors (Lipinski definition) is 3. The first-order chi connectivity index (χ1) is 10.8. The van der Waals surface area contributed by atoms with E-state index in [2.05, 4.69) is 29.5 Å². The van der Waals surface area contributed by atoms with Crippen molar-refractivity contribution in [1.29, 1.82) is 0 Å². The lowest BCUT2D eigenvalue weighted by atomic mass is 9.87. The van der Waals surface area contributed by atoms with E-state index < -0.39 is 6.04 Å². The Hall–Kier alpha value is -2.04. The number of nitrogens with zero attached hydrogens (tertiary/aromatic N) is 1. The van der Waals surface area contributed by atoms with Crippen molar-refractivity contribution in [2.75, 3.05) is 25.0 Å². The van der Waals surface area contributed by atoms with Crippen molar-refractivity contribution in [3.63, 3.8) is 0 Å². The molecule has 1 aliphatic rings. The monoisotopic (exact) mass is 317 g/mol. The number of carbonyl (C=O) groups is 2. The smallest absolute Gasteiger partial charge is 0.251 e. The highest BCUT2D eigenvalue weighted by molar-refractivity contribution is 5.98. The van der Waals surface area contributed by atoms with E-state index in [0.29, 0.717) is 12.1 Å². The number of amides is 2. The van der Waals surface area contributed by atoms with Crippen LogP contribution in [0.1, 0.15) is 44.0 Å². The lowest BCUT2D eigenvalue weighted by Crippen LogP contribution is -2.46. The molecule has 0 aromatic heterocycles. The first-order valence-electron chi connectivity index (χ1n) is 8.25. The van der Waals surface area contributed by atoms with Crippen LogP contribution < -0.4 is 15.5 Å². The van der Waals surface area contributed by atoms with Crippen LogP contribution in [0, 0.1) is 5.41 Å². The Bertz CT molecular complexity index is 566. The van der Waals surface area contributed by atoms with Gasteiger partial charge in [0.2, 0.25) is 5.91 Å². The standard InChI is InChI=1S/C18H27N3O2/c1-5-6-11-21(4)14-9-7-13(8-10-14)16(22)20-15-17(23)19-12-18(15,2)3/h7-10,15H,5-6,11-12H2,1-4H3,(H,19,23)(H,20,22). The minimum atomic E-state index is -0.484. The van der Waals surface area contributed by atoms with E-state index in [1.54, 1.807) is 0 Å². The van der Waals surface area contributed by atoms with Gasteiger partial charge in [0.25, 0.3) is 5.91 Å². The number of hydrogen-bond donors (Lipinski definition) is 2. The Kier molecular flexibility index (Phi) is 5.29.